The van der Waals surface area contributed by atoms with Crippen molar-refractivity contribution in [2.24, 2.45) is 5.10 Å². The van der Waals surface area contributed by atoms with Crippen molar-refractivity contribution in [3.8, 4) is 5.75 Å². The Labute approximate surface area is 142 Å². The predicted octanol–water partition coefficient (Wildman–Crippen LogP) is 3.38. The first-order valence-corrected chi connectivity index (χ1v) is 7.88. The maximum atomic E-state index is 11.8. The van der Waals surface area contributed by atoms with Crippen molar-refractivity contribution < 1.29 is 9.53 Å². The summed E-state index contributed by atoms with van der Waals surface area (Å²) in [6.45, 7) is 4.45. The average Bonchev–Trinajstić information content (AvgIpc) is 2.61. The lowest BCUT2D eigenvalue weighted by Crippen LogP contribution is -2.25. The van der Waals surface area contributed by atoms with Crippen molar-refractivity contribution in [1.29, 1.82) is 0 Å². The second-order valence-corrected chi connectivity index (χ2v) is 5.70. The van der Waals surface area contributed by atoms with E-state index < -0.39 is 0 Å². The van der Waals surface area contributed by atoms with Gasteiger partial charge in [-0.05, 0) is 41.3 Å². The zero-order chi connectivity index (χ0) is 17.4. The second kappa shape index (κ2) is 8.72. The van der Waals surface area contributed by atoms with Crippen LogP contribution in [0.15, 0.2) is 53.6 Å². The van der Waals surface area contributed by atoms with Gasteiger partial charge in [-0.25, -0.2) is 5.43 Å². The number of hydrogen-bond acceptors (Lipinski definition) is 4. The molecule has 1 amide bonds. The van der Waals surface area contributed by atoms with Gasteiger partial charge in [0.15, 0.2) is 0 Å². The summed E-state index contributed by atoms with van der Waals surface area (Å²) < 4.78 is 5.08. The molecular formula is C19H23N3O2. The number of carbonyl (C=O) groups excluding carboxylic acids is 1. The van der Waals surface area contributed by atoms with E-state index in [-0.39, 0.29) is 12.5 Å². The number of ether oxygens (including phenoxy) is 1. The summed E-state index contributed by atoms with van der Waals surface area (Å²) in [7, 11) is 1.62. The van der Waals surface area contributed by atoms with Crippen molar-refractivity contribution >= 4 is 17.8 Å². The van der Waals surface area contributed by atoms with Crippen LogP contribution in [-0.2, 0) is 4.79 Å². The summed E-state index contributed by atoms with van der Waals surface area (Å²) in [6, 6.07) is 15.5. The van der Waals surface area contributed by atoms with Crippen molar-refractivity contribution in [1.82, 2.24) is 5.43 Å². The van der Waals surface area contributed by atoms with E-state index >= 15 is 0 Å². The van der Waals surface area contributed by atoms with Gasteiger partial charge in [-0.2, -0.15) is 5.10 Å². The van der Waals surface area contributed by atoms with Gasteiger partial charge in [-0.1, -0.05) is 38.1 Å². The first kappa shape index (κ1) is 17.5. The summed E-state index contributed by atoms with van der Waals surface area (Å²) >= 11 is 0. The lowest BCUT2D eigenvalue weighted by atomic mass is 10.0. The summed E-state index contributed by atoms with van der Waals surface area (Å²) in [4.78, 5) is 11.8. The molecule has 0 bridgehead atoms. The third kappa shape index (κ3) is 5.43. The van der Waals surface area contributed by atoms with E-state index in [1.165, 1.54) is 5.56 Å². The van der Waals surface area contributed by atoms with Gasteiger partial charge < -0.3 is 10.1 Å². The molecule has 0 saturated heterocycles. The molecule has 0 aromatic heterocycles. The highest BCUT2D eigenvalue weighted by Crippen LogP contribution is 2.15. The number of hydrazone groups is 1. The Kier molecular flexibility index (Phi) is 6.37. The Hall–Kier alpha value is -2.82. The molecule has 0 fully saturated rings. The zero-order valence-corrected chi connectivity index (χ0v) is 14.2. The second-order valence-electron chi connectivity index (χ2n) is 5.70. The quantitative estimate of drug-likeness (QED) is 0.606. The molecular weight excluding hydrogens is 302 g/mol. The maximum Gasteiger partial charge on any atom is 0.259 e. The molecule has 126 valence electrons. The number of methoxy groups -OCH3 is 1. The lowest BCUT2D eigenvalue weighted by molar-refractivity contribution is -0.119. The predicted molar refractivity (Wildman–Crippen MR) is 97.8 cm³/mol. The molecule has 24 heavy (non-hydrogen) atoms. The Morgan fingerprint density at radius 2 is 1.79 bits per heavy atom. The minimum atomic E-state index is -0.208. The third-order valence-electron chi connectivity index (χ3n) is 3.55. The highest BCUT2D eigenvalue weighted by molar-refractivity contribution is 5.84. The van der Waals surface area contributed by atoms with Gasteiger partial charge in [0.2, 0.25) is 0 Å². The van der Waals surface area contributed by atoms with Crippen LogP contribution < -0.4 is 15.5 Å². The molecule has 0 radical (unpaired) electrons. The number of nitrogens with zero attached hydrogens (tertiary/aromatic N) is 1. The standard InChI is InChI=1S/C19H23N3O2/c1-14(2)16-6-4-15(5-7-16)12-21-22-19(23)13-20-17-8-10-18(24-3)11-9-17/h4-12,14,20H,13H2,1-3H3,(H,22,23). The van der Waals surface area contributed by atoms with Crippen LogP contribution in [-0.4, -0.2) is 25.8 Å². The molecule has 0 unspecified atom stereocenters. The van der Waals surface area contributed by atoms with Crippen LogP contribution in [0.4, 0.5) is 5.69 Å². The van der Waals surface area contributed by atoms with Gasteiger partial charge >= 0.3 is 0 Å². The van der Waals surface area contributed by atoms with E-state index in [1.807, 2.05) is 36.4 Å². The zero-order valence-electron chi connectivity index (χ0n) is 14.2. The Morgan fingerprint density at radius 3 is 2.38 bits per heavy atom. The van der Waals surface area contributed by atoms with Crippen LogP contribution in [0.1, 0.15) is 30.9 Å². The van der Waals surface area contributed by atoms with Crippen molar-refractivity contribution in [2.45, 2.75) is 19.8 Å². The van der Waals surface area contributed by atoms with E-state index in [2.05, 4.69) is 41.8 Å². The number of rotatable bonds is 7. The number of hydrogen-bond donors (Lipinski definition) is 2. The molecule has 0 aliphatic rings. The molecule has 0 atom stereocenters. The molecule has 2 rings (SSSR count). The van der Waals surface area contributed by atoms with Crippen molar-refractivity contribution in [2.75, 3.05) is 19.0 Å². The summed E-state index contributed by atoms with van der Waals surface area (Å²) in [6.07, 6.45) is 1.63. The van der Waals surface area contributed by atoms with Crippen LogP contribution in [0.5, 0.6) is 5.75 Å². The number of carbonyl (C=O) groups is 1. The molecule has 0 saturated carbocycles. The van der Waals surface area contributed by atoms with Gasteiger partial charge in [0.05, 0.1) is 19.9 Å². The molecule has 2 aromatic carbocycles. The fourth-order valence-corrected chi connectivity index (χ4v) is 2.08. The maximum absolute atomic E-state index is 11.8. The normalized spacial score (nSPS) is 10.8. The van der Waals surface area contributed by atoms with E-state index in [4.69, 9.17) is 4.74 Å². The molecule has 2 N–H and O–H groups in total. The molecule has 5 heteroatoms. The van der Waals surface area contributed by atoms with E-state index in [1.54, 1.807) is 13.3 Å². The van der Waals surface area contributed by atoms with E-state index in [0.717, 1.165) is 17.0 Å². The monoisotopic (exact) mass is 325 g/mol. The Morgan fingerprint density at radius 1 is 1.12 bits per heavy atom. The topological polar surface area (TPSA) is 62.7 Å². The number of benzene rings is 2. The average molecular weight is 325 g/mol. The summed E-state index contributed by atoms with van der Waals surface area (Å²) in [5.74, 6) is 1.07. The first-order chi connectivity index (χ1) is 11.6. The molecule has 0 spiro atoms. The minimum absolute atomic E-state index is 0.149. The molecule has 0 aliphatic carbocycles. The highest BCUT2D eigenvalue weighted by atomic mass is 16.5. The molecule has 2 aromatic rings. The summed E-state index contributed by atoms with van der Waals surface area (Å²) in [5.41, 5.74) is 5.58. The Bertz CT molecular complexity index is 677. The number of anilines is 1. The van der Waals surface area contributed by atoms with E-state index in [0.29, 0.717) is 5.92 Å². The minimum Gasteiger partial charge on any atom is -0.497 e. The van der Waals surface area contributed by atoms with Gasteiger partial charge in [-0.15, -0.1) is 0 Å². The van der Waals surface area contributed by atoms with Crippen LogP contribution >= 0.6 is 0 Å². The number of nitrogens with one attached hydrogen (secondary N) is 2. The van der Waals surface area contributed by atoms with Gasteiger partial charge in [0.1, 0.15) is 5.75 Å². The lowest BCUT2D eigenvalue weighted by Gasteiger charge is -2.06. The third-order valence-corrected chi connectivity index (χ3v) is 3.55. The van der Waals surface area contributed by atoms with Gasteiger partial charge in [-0.3, -0.25) is 4.79 Å². The van der Waals surface area contributed by atoms with Crippen LogP contribution in [0.2, 0.25) is 0 Å². The van der Waals surface area contributed by atoms with Crippen molar-refractivity contribution in [3.05, 3.63) is 59.7 Å². The smallest absolute Gasteiger partial charge is 0.259 e. The van der Waals surface area contributed by atoms with Gasteiger partial charge in [0, 0.05) is 5.69 Å². The van der Waals surface area contributed by atoms with Crippen LogP contribution in [0.3, 0.4) is 0 Å². The molecule has 0 aliphatic heterocycles. The first-order valence-electron chi connectivity index (χ1n) is 7.88. The molecule has 0 heterocycles. The van der Waals surface area contributed by atoms with Crippen LogP contribution in [0.25, 0.3) is 0 Å². The van der Waals surface area contributed by atoms with Gasteiger partial charge in [0.25, 0.3) is 5.91 Å². The fraction of sp³-hybridized carbons (Fsp3) is 0.263. The SMILES string of the molecule is COc1ccc(NCC(=O)NN=Cc2ccc(C(C)C)cc2)cc1. The van der Waals surface area contributed by atoms with Crippen LogP contribution in [0, 0.1) is 0 Å². The largest absolute Gasteiger partial charge is 0.497 e. The molecule has 5 nitrogen and oxygen atoms in total. The Balaban J connectivity index is 1.77. The summed E-state index contributed by atoms with van der Waals surface area (Å²) in [5, 5.41) is 6.99. The fourth-order valence-electron chi connectivity index (χ4n) is 2.08. The van der Waals surface area contributed by atoms with Crippen molar-refractivity contribution in [3.63, 3.8) is 0 Å². The van der Waals surface area contributed by atoms with E-state index in [9.17, 15) is 4.79 Å². The highest BCUT2D eigenvalue weighted by Gasteiger charge is 2.00. The number of amides is 1.